The van der Waals surface area contributed by atoms with Gasteiger partial charge in [-0.1, -0.05) is 0 Å². The molecule has 0 atom stereocenters. The molecule has 0 unspecified atom stereocenters. The zero-order valence-corrected chi connectivity index (χ0v) is 4.03. The van der Waals surface area contributed by atoms with Crippen molar-refractivity contribution in [3.63, 3.8) is 0 Å². The molecular formula is C4F3N2. The van der Waals surface area contributed by atoms with Gasteiger partial charge in [-0.3, -0.25) is 0 Å². The second kappa shape index (κ2) is 2.00. The molecule has 2 nitrogen and oxygen atoms in total. The van der Waals surface area contributed by atoms with E-state index < -0.39 is 17.7 Å². The summed E-state index contributed by atoms with van der Waals surface area (Å²) in [6.45, 7) is 0. The van der Waals surface area contributed by atoms with E-state index in [1.165, 1.54) is 0 Å². The molecule has 1 radical (unpaired) electrons. The van der Waals surface area contributed by atoms with E-state index in [1.54, 1.807) is 6.33 Å². The fourth-order valence-electron chi connectivity index (χ4n) is 0.296. The zero-order chi connectivity index (χ0) is 6.85. The van der Waals surface area contributed by atoms with E-state index >= 15 is 0 Å². The van der Waals surface area contributed by atoms with Crippen LogP contribution in [-0.4, -0.2) is 9.97 Å². The van der Waals surface area contributed by atoms with Gasteiger partial charge < -0.3 is 0 Å². The molecule has 0 N–H and O–H groups in total. The van der Waals surface area contributed by atoms with E-state index in [-0.39, 0.29) is 0 Å². The van der Waals surface area contributed by atoms with E-state index in [4.69, 9.17) is 0 Å². The van der Waals surface area contributed by atoms with E-state index in [0.29, 0.717) is 0 Å². The average molecular weight is 133 g/mol. The summed E-state index contributed by atoms with van der Waals surface area (Å²) in [6, 6.07) is 0. The van der Waals surface area contributed by atoms with Crippen molar-refractivity contribution in [2.45, 2.75) is 0 Å². The maximum Gasteiger partial charge on any atom is 0.255 e. The van der Waals surface area contributed by atoms with Gasteiger partial charge in [0.1, 0.15) is 0 Å². The molecule has 5 heteroatoms. The minimum Gasteiger partial charge on any atom is -0.197 e. The summed E-state index contributed by atoms with van der Waals surface area (Å²) in [5, 5.41) is 0. The van der Waals surface area contributed by atoms with Crippen LogP contribution in [0.2, 0.25) is 0 Å². The molecule has 0 aliphatic carbocycles. The highest BCUT2D eigenvalue weighted by molar-refractivity contribution is 4.88. The lowest BCUT2D eigenvalue weighted by Gasteiger charge is -1.87. The Hall–Kier alpha value is -1.13. The summed E-state index contributed by atoms with van der Waals surface area (Å²) in [7, 11) is 0. The number of halogens is 3. The fraction of sp³-hybridized carbons (Fsp3) is 0. The molecule has 0 amide bonds. The van der Waals surface area contributed by atoms with E-state index in [1.807, 2.05) is 0 Å². The largest absolute Gasteiger partial charge is 0.255 e. The van der Waals surface area contributed by atoms with Gasteiger partial charge in [-0.2, -0.15) is 23.1 Å². The van der Waals surface area contributed by atoms with Crippen molar-refractivity contribution < 1.29 is 13.2 Å². The van der Waals surface area contributed by atoms with Crippen molar-refractivity contribution in [2.24, 2.45) is 0 Å². The molecule has 1 rings (SSSR count). The molecule has 0 aliphatic rings. The Morgan fingerprint density at radius 1 is 1.00 bits per heavy atom. The molecule has 1 aromatic heterocycles. The standard InChI is InChI=1S/C4F3N2/c5-2-3(6)8-1-9-4(2)7. The summed E-state index contributed by atoms with van der Waals surface area (Å²) >= 11 is 0. The van der Waals surface area contributed by atoms with Gasteiger partial charge in [-0.25, -0.2) is 0 Å². The predicted molar refractivity (Wildman–Crippen MR) is 20.7 cm³/mol. The fourth-order valence-corrected chi connectivity index (χ4v) is 0.296. The number of rotatable bonds is 0. The Bertz CT molecular complexity index is 205. The Balaban J connectivity index is 3.25. The second-order valence-electron chi connectivity index (χ2n) is 1.22. The van der Waals surface area contributed by atoms with Gasteiger partial charge in [-0.05, 0) is 0 Å². The minimum atomic E-state index is -1.67. The molecule has 0 fully saturated rings. The van der Waals surface area contributed by atoms with Crippen molar-refractivity contribution in [1.82, 2.24) is 9.97 Å². The van der Waals surface area contributed by atoms with Crippen LogP contribution >= 0.6 is 0 Å². The van der Waals surface area contributed by atoms with Crippen LogP contribution in [0.4, 0.5) is 13.2 Å². The lowest BCUT2D eigenvalue weighted by Crippen LogP contribution is -1.96. The van der Waals surface area contributed by atoms with Crippen LogP contribution in [0.15, 0.2) is 0 Å². The maximum atomic E-state index is 11.8. The van der Waals surface area contributed by atoms with E-state index in [9.17, 15) is 13.2 Å². The number of hydrogen-bond acceptors (Lipinski definition) is 2. The van der Waals surface area contributed by atoms with Gasteiger partial charge in [0.25, 0.3) is 11.9 Å². The maximum absolute atomic E-state index is 11.8. The van der Waals surface area contributed by atoms with Gasteiger partial charge in [0.05, 0.1) is 0 Å². The van der Waals surface area contributed by atoms with Crippen molar-refractivity contribution in [2.75, 3.05) is 0 Å². The third kappa shape index (κ3) is 0.984. The molecule has 1 aromatic rings. The molecule has 0 saturated carbocycles. The van der Waals surface area contributed by atoms with Crippen LogP contribution in [0.25, 0.3) is 0 Å². The molecule has 0 saturated heterocycles. The van der Waals surface area contributed by atoms with E-state index in [0.717, 1.165) is 0 Å². The van der Waals surface area contributed by atoms with Crippen LogP contribution in [-0.2, 0) is 0 Å². The van der Waals surface area contributed by atoms with Crippen LogP contribution in [0.3, 0.4) is 0 Å². The van der Waals surface area contributed by atoms with Crippen molar-refractivity contribution >= 4 is 0 Å². The van der Waals surface area contributed by atoms with Gasteiger partial charge in [0.2, 0.25) is 12.1 Å². The first-order valence-electron chi connectivity index (χ1n) is 1.96. The molecule has 1 heterocycles. The van der Waals surface area contributed by atoms with Gasteiger partial charge in [0.15, 0.2) is 0 Å². The number of hydrogen-bond donors (Lipinski definition) is 0. The Kier molecular flexibility index (Phi) is 1.33. The van der Waals surface area contributed by atoms with Crippen LogP contribution in [0.5, 0.6) is 0 Å². The van der Waals surface area contributed by atoms with Crippen LogP contribution < -0.4 is 0 Å². The quantitative estimate of drug-likeness (QED) is 0.486. The monoisotopic (exact) mass is 133 g/mol. The Labute approximate surface area is 48.4 Å². The second-order valence-corrected chi connectivity index (χ2v) is 1.22. The van der Waals surface area contributed by atoms with Gasteiger partial charge in [-0.15, -0.1) is 0 Å². The van der Waals surface area contributed by atoms with E-state index in [2.05, 4.69) is 9.97 Å². The van der Waals surface area contributed by atoms with Gasteiger partial charge in [0, 0.05) is 0 Å². The summed E-state index contributed by atoms with van der Waals surface area (Å²) in [5.74, 6) is -4.72. The Morgan fingerprint density at radius 3 is 1.78 bits per heavy atom. The normalized spacial score (nSPS) is 9.67. The van der Waals surface area contributed by atoms with Crippen molar-refractivity contribution in [3.8, 4) is 0 Å². The smallest absolute Gasteiger partial charge is 0.197 e. The third-order valence-corrected chi connectivity index (χ3v) is 0.659. The van der Waals surface area contributed by atoms with Crippen molar-refractivity contribution in [3.05, 3.63) is 24.0 Å². The summed E-state index contributed by atoms with van der Waals surface area (Å²) in [5.41, 5.74) is 0. The summed E-state index contributed by atoms with van der Waals surface area (Å²) < 4.78 is 35.4. The SMILES string of the molecule is Fc1n[c]nc(F)c1F. The minimum absolute atomic E-state index is 1.53. The first-order valence-corrected chi connectivity index (χ1v) is 1.96. The topological polar surface area (TPSA) is 25.8 Å². The third-order valence-electron chi connectivity index (χ3n) is 0.659. The van der Waals surface area contributed by atoms with Crippen LogP contribution in [0, 0.1) is 24.0 Å². The first-order chi connectivity index (χ1) is 4.22. The summed E-state index contributed by atoms with van der Waals surface area (Å²) in [6.07, 6.45) is 1.58. The van der Waals surface area contributed by atoms with Gasteiger partial charge >= 0.3 is 0 Å². The molecule has 0 aromatic carbocycles. The number of aromatic nitrogens is 2. The molecule has 0 spiro atoms. The first kappa shape index (κ1) is 6.00. The highest BCUT2D eigenvalue weighted by Gasteiger charge is 2.08. The molecule has 0 aliphatic heterocycles. The Morgan fingerprint density at radius 2 is 1.44 bits per heavy atom. The molecule has 0 bridgehead atoms. The lowest BCUT2D eigenvalue weighted by molar-refractivity contribution is 0.405. The highest BCUT2D eigenvalue weighted by Crippen LogP contribution is 2.01. The average Bonchev–Trinajstić information content (AvgIpc) is 1.83. The lowest BCUT2D eigenvalue weighted by atomic mass is 10.6. The van der Waals surface area contributed by atoms with Crippen LogP contribution in [0.1, 0.15) is 0 Å². The molecule has 9 heavy (non-hydrogen) atoms. The molecular weight excluding hydrogens is 133 g/mol. The highest BCUT2D eigenvalue weighted by atomic mass is 19.2. The predicted octanol–water partition coefficient (Wildman–Crippen LogP) is 0.694. The molecule has 47 valence electrons. The zero-order valence-electron chi connectivity index (χ0n) is 4.03. The van der Waals surface area contributed by atoms with Crippen molar-refractivity contribution in [1.29, 1.82) is 0 Å². The number of nitrogens with zero attached hydrogens (tertiary/aromatic N) is 2. The summed E-state index contributed by atoms with van der Waals surface area (Å²) in [4.78, 5) is 5.24.